The summed E-state index contributed by atoms with van der Waals surface area (Å²) >= 11 is 3.42. The van der Waals surface area contributed by atoms with Crippen molar-refractivity contribution in [3.63, 3.8) is 0 Å². The molecule has 0 aliphatic carbocycles. The Morgan fingerprint density at radius 2 is 1.94 bits per heavy atom. The minimum absolute atomic E-state index is 1.00. The second kappa shape index (κ2) is 5.08. The van der Waals surface area contributed by atoms with Gasteiger partial charge < -0.3 is 0 Å². The highest BCUT2D eigenvalue weighted by molar-refractivity contribution is 9.10. The van der Waals surface area contributed by atoms with Gasteiger partial charge in [-0.2, -0.15) is 0 Å². The smallest absolute Gasteiger partial charge is 0.0410 e. The first-order valence-corrected chi connectivity index (χ1v) is 5.89. The first-order valence-electron chi connectivity index (χ1n) is 5.10. The Labute approximate surface area is 104 Å². The third-order valence-corrected chi connectivity index (χ3v) is 2.77. The molecule has 0 spiro atoms. The average Bonchev–Trinajstić information content (AvgIpc) is 2.30. The zero-order valence-electron chi connectivity index (χ0n) is 9.02. The zero-order valence-corrected chi connectivity index (χ0v) is 10.6. The van der Waals surface area contributed by atoms with Gasteiger partial charge in [0.2, 0.25) is 0 Å². The molecule has 0 amide bonds. The molecule has 2 heteroatoms. The summed E-state index contributed by atoms with van der Waals surface area (Å²) in [6, 6.07) is 12.4. The Hall–Kier alpha value is -1.41. The molecule has 1 aromatic carbocycles. The van der Waals surface area contributed by atoms with Crippen LogP contribution < -0.4 is 0 Å². The third-order valence-electron chi connectivity index (χ3n) is 2.34. The topological polar surface area (TPSA) is 12.9 Å². The van der Waals surface area contributed by atoms with Crippen LogP contribution in [0.4, 0.5) is 0 Å². The van der Waals surface area contributed by atoms with Crippen LogP contribution in [0.3, 0.4) is 0 Å². The van der Waals surface area contributed by atoms with Crippen LogP contribution in [0.1, 0.15) is 18.1 Å². The number of nitrogens with zero attached hydrogens (tertiary/aromatic N) is 1. The summed E-state index contributed by atoms with van der Waals surface area (Å²) in [4.78, 5) is 4.14. The lowest BCUT2D eigenvalue weighted by atomic mass is 10.1. The van der Waals surface area contributed by atoms with E-state index in [9.17, 15) is 0 Å². The van der Waals surface area contributed by atoms with Crippen molar-refractivity contribution < 1.29 is 0 Å². The monoisotopic (exact) mass is 273 g/mol. The zero-order chi connectivity index (χ0) is 11.4. The highest BCUT2D eigenvalue weighted by atomic mass is 79.9. The average molecular weight is 274 g/mol. The van der Waals surface area contributed by atoms with Crippen LogP contribution in [0.2, 0.25) is 0 Å². The fourth-order valence-corrected chi connectivity index (χ4v) is 1.92. The van der Waals surface area contributed by atoms with E-state index in [0.29, 0.717) is 0 Å². The second-order valence-electron chi connectivity index (χ2n) is 3.63. The molecular weight excluding hydrogens is 262 g/mol. The minimum atomic E-state index is 1.00. The Balaban J connectivity index is 2.32. The van der Waals surface area contributed by atoms with Crippen LogP contribution in [0.25, 0.3) is 11.6 Å². The molecule has 2 rings (SSSR count). The molecule has 0 saturated carbocycles. The molecule has 0 bridgehead atoms. The van der Waals surface area contributed by atoms with E-state index in [1.165, 1.54) is 11.1 Å². The second-order valence-corrected chi connectivity index (χ2v) is 4.55. The van der Waals surface area contributed by atoms with Crippen molar-refractivity contribution in [1.82, 2.24) is 4.98 Å². The van der Waals surface area contributed by atoms with Gasteiger partial charge >= 0.3 is 0 Å². The summed E-state index contributed by atoms with van der Waals surface area (Å²) in [6.07, 6.45) is 5.78. The Morgan fingerprint density at radius 3 is 2.62 bits per heavy atom. The van der Waals surface area contributed by atoms with E-state index in [2.05, 4.69) is 52.1 Å². The fraction of sp³-hybridized carbons (Fsp3) is 0.0714. The molecule has 0 aliphatic heterocycles. The van der Waals surface area contributed by atoms with E-state index in [1.54, 1.807) is 6.20 Å². The fourth-order valence-electron chi connectivity index (χ4n) is 1.54. The molecule has 0 unspecified atom stereocenters. The van der Waals surface area contributed by atoms with Gasteiger partial charge in [-0.1, -0.05) is 30.3 Å². The van der Waals surface area contributed by atoms with Gasteiger partial charge in [0.15, 0.2) is 0 Å². The SMILES string of the molecule is CC(=Cc1cncc(Br)c1)c1ccccc1. The molecule has 1 heterocycles. The maximum Gasteiger partial charge on any atom is 0.0410 e. The van der Waals surface area contributed by atoms with Crippen LogP contribution in [0.5, 0.6) is 0 Å². The largest absolute Gasteiger partial charge is 0.263 e. The van der Waals surface area contributed by atoms with Gasteiger partial charge in [-0.3, -0.25) is 4.98 Å². The van der Waals surface area contributed by atoms with Gasteiger partial charge in [0.1, 0.15) is 0 Å². The summed E-state index contributed by atoms with van der Waals surface area (Å²) in [5.41, 5.74) is 3.58. The molecule has 80 valence electrons. The first-order chi connectivity index (χ1) is 7.75. The maximum atomic E-state index is 4.14. The number of rotatable bonds is 2. The lowest BCUT2D eigenvalue weighted by molar-refractivity contribution is 1.30. The summed E-state index contributed by atoms with van der Waals surface area (Å²) in [7, 11) is 0. The predicted octanol–water partition coefficient (Wildman–Crippen LogP) is 4.40. The first kappa shape index (κ1) is 11.1. The minimum Gasteiger partial charge on any atom is -0.263 e. The molecule has 0 aliphatic rings. The molecule has 16 heavy (non-hydrogen) atoms. The molecule has 0 radical (unpaired) electrons. The molecule has 1 nitrogen and oxygen atoms in total. The van der Waals surface area contributed by atoms with Gasteiger partial charge in [0, 0.05) is 16.9 Å². The predicted molar refractivity (Wildman–Crippen MR) is 71.9 cm³/mol. The van der Waals surface area contributed by atoms with Crippen molar-refractivity contribution >= 4 is 27.6 Å². The van der Waals surface area contributed by atoms with Crippen molar-refractivity contribution in [2.45, 2.75) is 6.92 Å². The lowest BCUT2D eigenvalue weighted by Gasteiger charge is -2.01. The van der Waals surface area contributed by atoms with E-state index in [-0.39, 0.29) is 0 Å². The van der Waals surface area contributed by atoms with E-state index in [4.69, 9.17) is 0 Å². The van der Waals surface area contributed by atoms with Crippen molar-refractivity contribution in [2.24, 2.45) is 0 Å². The van der Waals surface area contributed by atoms with Crippen molar-refractivity contribution in [1.29, 1.82) is 0 Å². The molecular formula is C14H12BrN. The Bertz CT molecular complexity index is 503. The molecule has 2 aromatic rings. The summed E-state index contributed by atoms with van der Waals surface area (Å²) in [5.74, 6) is 0. The van der Waals surface area contributed by atoms with Crippen LogP contribution >= 0.6 is 15.9 Å². The molecule has 1 aromatic heterocycles. The van der Waals surface area contributed by atoms with E-state index < -0.39 is 0 Å². The number of pyridine rings is 1. The van der Waals surface area contributed by atoms with E-state index in [1.807, 2.05) is 24.4 Å². The maximum absolute atomic E-state index is 4.14. The van der Waals surface area contributed by atoms with E-state index in [0.717, 1.165) is 10.0 Å². The van der Waals surface area contributed by atoms with Crippen molar-refractivity contribution in [2.75, 3.05) is 0 Å². The lowest BCUT2D eigenvalue weighted by Crippen LogP contribution is -1.80. The van der Waals surface area contributed by atoms with Gasteiger partial charge in [-0.05, 0) is 51.7 Å². The quantitative estimate of drug-likeness (QED) is 0.790. The molecule has 0 N–H and O–H groups in total. The number of halogens is 1. The van der Waals surface area contributed by atoms with Crippen molar-refractivity contribution in [3.8, 4) is 0 Å². The summed E-state index contributed by atoms with van der Waals surface area (Å²) in [5, 5.41) is 0. The third kappa shape index (κ3) is 2.80. The number of allylic oxidation sites excluding steroid dienone is 1. The van der Waals surface area contributed by atoms with E-state index >= 15 is 0 Å². The Morgan fingerprint density at radius 1 is 1.19 bits per heavy atom. The van der Waals surface area contributed by atoms with Crippen LogP contribution in [-0.2, 0) is 0 Å². The van der Waals surface area contributed by atoms with Crippen LogP contribution in [-0.4, -0.2) is 4.98 Å². The molecule has 0 saturated heterocycles. The van der Waals surface area contributed by atoms with Gasteiger partial charge in [-0.25, -0.2) is 0 Å². The van der Waals surface area contributed by atoms with Gasteiger partial charge in [0.05, 0.1) is 0 Å². The molecule has 0 atom stereocenters. The van der Waals surface area contributed by atoms with Gasteiger partial charge in [-0.15, -0.1) is 0 Å². The summed E-state index contributed by atoms with van der Waals surface area (Å²) in [6.45, 7) is 2.11. The standard InChI is InChI=1S/C14H12BrN/c1-11(13-5-3-2-4-6-13)7-12-8-14(15)10-16-9-12/h2-10H,1H3. The number of hydrogen-bond donors (Lipinski definition) is 0. The normalized spacial score (nSPS) is 11.5. The van der Waals surface area contributed by atoms with Crippen molar-refractivity contribution in [3.05, 3.63) is 64.4 Å². The number of aromatic nitrogens is 1. The van der Waals surface area contributed by atoms with Crippen LogP contribution in [0.15, 0.2) is 53.3 Å². The highest BCUT2D eigenvalue weighted by Crippen LogP contribution is 2.18. The Kier molecular flexibility index (Phi) is 3.52. The van der Waals surface area contributed by atoms with Gasteiger partial charge in [0.25, 0.3) is 0 Å². The number of hydrogen-bond acceptors (Lipinski definition) is 1. The highest BCUT2D eigenvalue weighted by Gasteiger charge is 1.95. The summed E-state index contributed by atoms with van der Waals surface area (Å²) < 4.78 is 1.00. The van der Waals surface area contributed by atoms with Crippen LogP contribution in [0, 0.1) is 0 Å². The number of benzene rings is 1. The molecule has 0 fully saturated rings.